The number of aryl methyl sites for hydroxylation is 2. The second-order valence-corrected chi connectivity index (χ2v) is 6.38. The summed E-state index contributed by atoms with van der Waals surface area (Å²) in [6.45, 7) is 7.99. The van der Waals surface area contributed by atoms with E-state index in [1.807, 2.05) is 53.8 Å². The summed E-state index contributed by atoms with van der Waals surface area (Å²) in [5.74, 6) is 0.748. The molecule has 22 heavy (non-hydrogen) atoms. The van der Waals surface area contributed by atoms with Crippen molar-refractivity contribution in [2.24, 2.45) is 5.92 Å². The summed E-state index contributed by atoms with van der Waals surface area (Å²) in [6.07, 6.45) is 2.33. The highest BCUT2D eigenvalue weighted by Crippen LogP contribution is 2.19. The van der Waals surface area contributed by atoms with Crippen LogP contribution in [0.2, 0.25) is 0 Å². The zero-order valence-electron chi connectivity index (χ0n) is 13.5. The molecule has 116 valence electrons. The van der Waals surface area contributed by atoms with E-state index in [2.05, 4.69) is 12.0 Å². The van der Waals surface area contributed by atoms with Crippen molar-refractivity contribution in [2.75, 3.05) is 13.1 Å². The van der Waals surface area contributed by atoms with Gasteiger partial charge in [0.05, 0.1) is 11.4 Å². The van der Waals surface area contributed by atoms with Crippen LogP contribution in [-0.2, 0) is 0 Å². The van der Waals surface area contributed by atoms with Crippen molar-refractivity contribution in [1.82, 2.24) is 14.7 Å². The third-order valence-electron chi connectivity index (χ3n) is 4.31. The Hall–Kier alpha value is -2.10. The number of hydrogen-bond acceptors (Lipinski definition) is 2. The van der Waals surface area contributed by atoms with Gasteiger partial charge in [0.2, 0.25) is 0 Å². The van der Waals surface area contributed by atoms with Crippen LogP contribution in [0.1, 0.15) is 41.5 Å². The minimum atomic E-state index is 0.145. The van der Waals surface area contributed by atoms with Gasteiger partial charge in [-0.25, -0.2) is 4.68 Å². The number of carbonyl (C=O) groups excluding carboxylic acids is 1. The molecule has 4 nitrogen and oxygen atoms in total. The third-order valence-corrected chi connectivity index (χ3v) is 4.31. The lowest BCUT2D eigenvalue weighted by Crippen LogP contribution is -2.39. The molecule has 1 aromatic carbocycles. The van der Waals surface area contributed by atoms with Crippen LogP contribution in [0.15, 0.2) is 30.3 Å². The fourth-order valence-electron chi connectivity index (χ4n) is 3.19. The minimum Gasteiger partial charge on any atom is -0.338 e. The number of hydrogen-bond donors (Lipinski definition) is 0. The zero-order chi connectivity index (χ0) is 15.7. The van der Waals surface area contributed by atoms with Crippen molar-refractivity contribution in [2.45, 2.75) is 33.6 Å². The molecule has 1 aliphatic rings. The first kappa shape index (κ1) is 14.8. The monoisotopic (exact) mass is 297 g/mol. The second-order valence-electron chi connectivity index (χ2n) is 6.38. The minimum absolute atomic E-state index is 0.145. The molecule has 0 spiro atoms. The Kier molecular flexibility index (Phi) is 4.01. The van der Waals surface area contributed by atoms with Crippen molar-refractivity contribution in [3.05, 3.63) is 47.3 Å². The lowest BCUT2D eigenvalue weighted by molar-refractivity contribution is 0.0683. The van der Waals surface area contributed by atoms with Crippen LogP contribution >= 0.6 is 0 Å². The van der Waals surface area contributed by atoms with E-state index in [9.17, 15) is 4.79 Å². The molecule has 0 aliphatic carbocycles. The number of carbonyl (C=O) groups is 1. The summed E-state index contributed by atoms with van der Waals surface area (Å²) in [6, 6.07) is 9.81. The maximum Gasteiger partial charge on any atom is 0.253 e. The van der Waals surface area contributed by atoms with Crippen LogP contribution in [0.25, 0.3) is 5.69 Å². The third kappa shape index (κ3) is 2.91. The molecule has 3 rings (SSSR count). The first-order valence-corrected chi connectivity index (χ1v) is 7.97. The van der Waals surface area contributed by atoms with E-state index >= 15 is 0 Å². The van der Waals surface area contributed by atoms with Gasteiger partial charge in [0.1, 0.15) is 0 Å². The van der Waals surface area contributed by atoms with Crippen molar-refractivity contribution in [1.29, 1.82) is 0 Å². The average Bonchev–Trinajstić information content (AvgIpc) is 2.85. The molecule has 2 aromatic rings. The standard InChI is InChI=1S/C18H23N3O/c1-13-5-4-10-20(12-13)18(22)16-6-8-17(9-7-16)21-15(3)11-14(2)19-21/h6-9,11,13H,4-5,10,12H2,1-3H3. The zero-order valence-corrected chi connectivity index (χ0v) is 13.5. The highest BCUT2D eigenvalue weighted by Gasteiger charge is 2.21. The molecule has 1 fully saturated rings. The van der Waals surface area contributed by atoms with E-state index in [-0.39, 0.29) is 5.91 Å². The predicted molar refractivity (Wildman–Crippen MR) is 87.3 cm³/mol. The van der Waals surface area contributed by atoms with Gasteiger partial charge in [-0.1, -0.05) is 6.92 Å². The van der Waals surface area contributed by atoms with Crippen molar-refractivity contribution < 1.29 is 4.79 Å². The Morgan fingerprint density at radius 2 is 1.95 bits per heavy atom. The van der Waals surface area contributed by atoms with Gasteiger partial charge < -0.3 is 4.90 Å². The van der Waals surface area contributed by atoms with Gasteiger partial charge >= 0.3 is 0 Å². The molecule has 0 saturated carbocycles. The maximum atomic E-state index is 12.6. The van der Waals surface area contributed by atoms with Crippen LogP contribution in [0.5, 0.6) is 0 Å². The Balaban J connectivity index is 1.79. The van der Waals surface area contributed by atoms with Crippen molar-refractivity contribution in [3.8, 4) is 5.69 Å². The molecular formula is C18H23N3O. The van der Waals surface area contributed by atoms with E-state index < -0.39 is 0 Å². The lowest BCUT2D eigenvalue weighted by Gasteiger charge is -2.31. The van der Waals surface area contributed by atoms with Crippen molar-refractivity contribution >= 4 is 5.91 Å². The molecule has 0 bridgehead atoms. The first-order valence-electron chi connectivity index (χ1n) is 7.97. The SMILES string of the molecule is Cc1cc(C)n(-c2ccc(C(=O)N3CCCC(C)C3)cc2)n1. The summed E-state index contributed by atoms with van der Waals surface area (Å²) >= 11 is 0. The highest BCUT2D eigenvalue weighted by molar-refractivity contribution is 5.94. The summed E-state index contributed by atoms with van der Waals surface area (Å²) < 4.78 is 1.91. The number of likely N-dealkylation sites (tertiary alicyclic amines) is 1. The van der Waals surface area contributed by atoms with E-state index in [1.54, 1.807) is 0 Å². The largest absolute Gasteiger partial charge is 0.338 e. The van der Waals surface area contributed by atoms with Crippen LogP contribution in [0.4, 0.5) is 0 Å². The Bertz CT molecular complexity index is 672. The van der Waals surface area contributed by atoms with Crippen molar-refractivity contribution in [3.63, 3.8) is 0 Å². The normalized spacial score (nSPS) is 18.5. The number of aromatic nitrogens is 2. The summed E-state index contributed by atoms with van der Waals surface area (Å²) in [4.78, 5) is 14.5. The van der Waals surface area contributed by atoms with Gasteiger partial charge in [0.25, 0.3) is 5.91 Å². The van der Waals surface area contributed by atoms with Crippen LogP contribution < -0.4 is 0 Å². The molecule has 2 heterocycles. The maximum absolute atomic E-state index is 12.6. The van der Waals surface area contributed by atoms with Crippen LogP contribution in [0.3, 0.4) is 0 Å². The van der Waals surface area contributed by atoms with Crippen LogP contribution in [0, 0.1) is 19.8 Å². The number of nitrogens with zero attached hydrogens (tertiary/aromatic N) is 3. The van der Waals surface area contributed by atoms with Gasteiger partial charge in [-0.15, -0.1) is 0 Å². The highest BCUT2D eigenvalue weighted by atomic mass is 16.2. The molecule has 1 atom stereocenters. The molecule has 1 saturated heterocycles. The fourth-order valence-corrected chi connectivity index (χ4v) is 3.19. The van der Waals surface area contributed by atoms with Gasteiger partial charge in [-0.05, 0) is 62.9 Å². The number of piperidine rings is 1. The van der Waals surface area contributed by atoms with E-state index in [4.69, 9.17) is 0 Å². The number of amides is 1. The average molecular weight is 297 g/mol. The Morgan fingerprint density at radius 3 is 2.55 bits per heavy atom. The predicted octanol–water partition coefficient (Wildman–Crippen LogP) is 3.36. The molecule has 0 radical (unpaired) electrons. The number of rotatable bonds is 2. The Labute approximate surface area is 131 Å². The molecule has 1 aromatic heterocycles. The second kappa shape index (κ2) is 5.95. The van der Waals surface area contributed by atoms with Gasteiger partial charge in [-0.2, -0.15) is 5.10 Å². The lowest BCUT2D eigenvalue weighted by atomic mass is 9.99. The smallest absolute Gasteiger partial charge is 0.253 e. The topological polar surface area (TPSA) is 38.1 Å². The Morgan fingerprint density at radius 1 is 1.23 bits per heavy atom. The van der Waals surface area contributed by atoms with E-state index in [1.165, 1.54) is 6.42 Å². The van der Waals surface area contributed by atoms with Gasteiger partial charge in [0, 0.05) is 24.3 Å². The molecule has 0 N–H and O–H groups in total. The van der Waals surface area contributed by atoms with Gasteiger partial charge in [-0.3, -0.25) is 4.79 Å². The summed E-state index contributed by atoms with van der Waals surface area (Å²) in [7, 11) is 0. The summed E-state index contributed by atoms with van der Waals surface area (Å²) in [5, 5.41) is 4.48. The summed E-state index contributed by atoms with van der Waals surface area (Å²) in [5.41, 5.74) is 3.86. The molecule has 1 unspecified atom stereocenters. The quantitative estimate of drug-likeness (QED) is 0.852. The van der Waals surface area contributed by atoms with Gasteiger partial charge in [0.15, 0.2) is 0 Å². The molecule has 4 heteroatoms. The fraction of sp³-hybridized carbons (Fsp3) is 0.444. The molecule has 1 aliphatic heterocycles. The van der Waals surface area contributed by atoms with E-state index in [0.717, 1.165) is 42.1 Å². The molecular weight excluding hydrogens is 274 g/mol. The first-order chi connectivity index (χ1) is 10.5. The van der Waals surface area contributed by atoms with E-state index in [0.29, 0.717) is 5.92 Å². The molecule has 1 amide bonds. The number of benzene rings is 1. The van der Waals surface area contributed by atoms with Crippen LogP contribution in [-0.4, -0.2) is 33.7 Å².